The molecule has 1 fully saturated rings. The van der Waals surface area contributed by atoms with Crippen LogP contribution in [0.1, 0.15) is 17.6 Å². The lowest BCUT2D eigenvalue weighted by Gasteiger charge is -2.36. The molecule has 30 heavy (non-hydrogen) atoms. The number of fused-ring (bicyclic) bond motifs is 1. The number of benzene rings is 1. The molecular formula is C21H24F2N4O3. The molecule has 3 aromatic rings. The lowest BCUT2D eigenvalue weighted by Crippen LogP contribution is -2.47. The predicted molar refractivity (Wildman–Crippen MR) is 109 cm³/mol. The Balaban J connectivity index is 1.41. The Morgan fingerprint density at radius 1 is 1.13 bits per heavy atom. The van der Waals surface area contributed by atoms with Crippen molar-refractivity contribution in [2.24, 2.45) is 0 Å². The van der Waals surface area contributed by atoms with Gasteiger partial charge in [0, 0.05) is 38.4 Å². The van der Waals surface area contributed by atoms with E-state index in [0.717, 1.165) is 42.2 Å². The van der Waals surface area contributed by atoms with Gasteiger partial charge in [0.25, 0.3) is 12.0 Å². The van der Waals surface area contributed by atoms with E-state index in [9.17, 15) is 18.7 Å². The highest BCUT2D eigenvalue weighted by molar-refractivity contribution is 5.81. The lowest BCUT2D eigenvalue weighted by atomic mass is 10.1. The van der Waals surface area contributed by atoms with Gasteiger partial charge in [-0.2, -0.15) is 0 Å². The summed E-state index contributed by atoms with van der Waals surface area (Å²) in [5.41, 5.74) is 0.968. The van der Waals surface area contributed by atoms with E-state index in [1.54, 1.807) is 12.1 Å². The van der Waals surface area contributed by atoms with Crippen LogP contribution in [0.2, 0.25) is 0 Å². The number of aliphatic hydroxyl groups excluding tert-OH is 1. The van der Waals surface area contributed by atoms with Crippen LogP contribution < -0.4 is 10.5 Å². The molecule has 0 radical (unpaired) electrons. The molecule has 0 amide bonds. The van der Waals surface area contributed by atoms with Crippen LogP contribution in [0.25, 0.3) is 10.9 Å². The maximum absolute atomic E-state index is 12.6. The zero-order chi connectivity index (χ0) is 21.3. The van der Waals surface area contributed by atoms with Gasteiger partial charge in [-0.1, -0.05) is 0 Å². The Bertz CT molecular complexity index is 1070. The third-order valence-corrected chi connectivity index (χ3v) is 5.40. The van der Waals surface area contributed by atoms with E-state index < -0.39 is 24.6 Å². The van der Waals surface area contributed by atoms with Gasteiger partial charge in [-0.15, -0.1) is 0 Å². The first-order chi connectivity index (χ1) is 14.4. The molecule has 2 aromatic heterocycles. The highest BCUT2D eigenvalue weighted by atomic mass is 19.3. The fourth-order valence-electron chi connectivity index (χ4n) is 3.78. The number of piperazine rings is 1. The van der Waals surface area contributed by atoms with E-state index >= 15 is 0 Å². The first-order valence-electron chi connectivity index (χ1n) is 9.90. The van der Waals surface area contributed by atoms with Crippen LogP contribution in [0.3, 0.4) is 0 Å². The SMILES string of the molecule is Cc1ccc(C(O)CN2CCN(c3ccc4c(=O)n(CC(F)F)cnc4c3)CC2)o1. The van der Waals surface area contributed by atoms with Gasteiger partial charge >= 0.3 is 0 Å². The second-order valence-corrected chi connectivity index (χ2v) is 7.55. The van der Waals surface area contributed by atoms with Crippen LogP contribution in [0.5, 0.6) is 0 Å². The molecule has 4 rings (SSSR count). The number of anilines is 1. The van der Waals surface area contributed by atoms with Crippen LogP contribution in [0.15, 0.2) is 45.9 Å². The van der Waals surface area contributed by atoms with Gasteiger partial charge < -0.3 is 14.4 Å². The van der Waals surface area contributed by atoms with Crippen molar-refractivity contribution in [3.05, 3.63) is 58.5 Å². The smallest absolute Gasteiger partial charge is 0.261 e. The minimum absolute atomic E-state index is 0.331. The molecule has 0 bridgehead atoms. The quantitative estimate of drug-likeness (QED) is 0.663. The van der Waals surface area contributed by atoms with Gasteiger partial charge in [0.15, 0.2) is 0 Å². The second kappa shape index (κ2) is 8.53. The summed E-state index contributed by atoms with van der Waals surface area (Å²) in [5, 5.41) is 10.7. The molecule has 3 heterocycles. The van der Waals surface area contributed by atoms with Gasteiger partial charge in [-0.3, -0.25) is 14.3 Å². The number of furan rings is 1. The van der Waals surface area contributed by atoms with Crippen molar-refractivity contribution in [2.45, 2.75) is 26.0 Å². The van der Waals surface area contributed by atoms with E-state index in [-0.39, 0.29) is 0 Å². The highest BCUT2D eigenvalue weighted by Gasteiger charge is 2.22. The number of β-amino-alcohol motifs (C(OH)–C–C–N with tert-alkyl or cyclic N) is 1. The normalized spacial score (nSPS) is 16.5. The Morgan fingerprint density at radius 3 is 2.57 bits per heavy atom. The molecule has 160 valence electrons. The number of hydrogen-bond acceptors (Lipinski definition) is 6. The third-order valence-electron chi connectivity index (χ3n) is 5.40. The maximum atomic E-state index is 12.6. The van der Waals surface area contributed by atoms with Gasteiger partial charge in [0.1, 0.15) is 17.6 Å². The van der Waals surface area contributed by atoms with E-state index in [2.05, 4.69) is 14.8 Å². The van der Waals surface area contributed by atoms with E-state index in [1.807, 2.05) is 25.1 Å². The maximum Gasteiger partial charge on any atom is 0.261 e. The van der Waals surface area contributed by atoms with Gasteiger partial charge in [-0.05, 0) is 37.3 Å². The first-order valence-corrected chi connectivity index (χ1v) is 9.90. The van der Waals surface area contributed by atoms with Crippen LogP contribution in [0, 0.1) is 6.92 Å². The fraction of sp³-hybridized carbons (Fsp3) is 0.429. The van der Waals surface area contributed by atoms with E-state index in [1.165, 1.54) is 6.33 Å². The van der Waals surface area contributed by atoms with Gasteiger partial charge in [-0.25, -0.2) is 13.8 Å². The molecular weight excluding hydrogens is 394 g/mol. The summed E-state index contributed by atoms with van der Waals surface area (Å²) in [5.74, 6) is 1.35. The molecule has 1 aliphatic heterocycles. The number of aromatic nitrogens is 2. The number of aliphatic hydroxyl groups is 1. The molecule has 7 nitrogen and oxygen atoms in total. The molecule has 9 heteroatoms. The number of nitrogens with zero attached hydrogens (tertiary/aromatic N) is 4. The first kappa shape index (κ1) is 20.5. The van der Waals surface area contributed by atoms with Crippen molar-refractivity contribution in [3.8, 4) is 0 Å². The average Bonchev–Trinajstić information content (AvgIpc) is 3.17. The second-order valence-electron chi connectivity index (χ2n) is 7.55. The zero-order valence-corrected chi connectivity index (χ0v) is 16.7. The Labute approximate surface area is 172 Å². The largest absolute Gasteiger partial charge is 0.464 e. The third kappa shape index (κ3) is 4.36. The van der Waals surface area contributed by atoms with E-state index in [0.29, 0.717) is 23.2 Å². The molecule has 1 atom stereocenters. The number of alkyl halides is 2. The Hall–Kier alpha value is -2.78. The van der Waals surface area contributed by atoms with Crippen molar-refractivity contribution >= 4 is 16.6 Å². The molecule has 1 unspecified atom stereocenters. The van der Waals surface area contributed by atoms with Gasteiger partial charge in [0.2, 0.25) is 0 Å². The van der Waals surface area contributed by atoms with Crippen LogP contribution in [0.4, 0.5) is 14.5 Å². The number of rotatable bonds is 6. The zero-order valence-electron chi connectivity index (χ0n) is 16.7. The fourth-order valence-corrected chi connectivity index (χ4v) is 3.78. The summed E-state index contributed by atoms with van der Waals surface area (Å²) in [6.07, 6.45) is -2.09. The van der Waals surface area contributed by atoms with Crippen LogP contribution in [-0.4, -0.2) is 58.7 Å². The van der Waals surface area contributed by atoms with Crippen molar-refractivity contribution < 1.29 is 18.3 Å². The average molecular weight is 418 g/mol. The summed E-state index contributed by atoms with van der Waals surface area (Å²) in [6, 6.07) is 8.94. The Kier molecular flexibility index (Phi) is 5.83. The summed E-state index contributed by atoms with van der Waals surface area (Å²) >= 11 is 0. The summed E-state index contributed by atoms with van der Waals surface area (Å²) in [4.78, 5) is 20.9. The van der Waals surface area contributed by atoms with E-state index in [4.69, 9.17) is 4.42 Å². The van der Waals surface area contributed by atoms with Crippen LogP contribution >= 0.6 is 0 Å². The number of halogens is 2. The summed E-state index contributed by atoms with van der Waals surface area (Å²) in [6.45, 7) is 4.77. The van der Waals surface area contributed by atoms with Crippen molar-refractivity contribution in [3.63, 3.8) is 0 Å². The molecule has 1 saturated heterocycles. The molecule has 1 N–H and O–H groups in total. The topological polar surface area (TPSA) is 74.7 Å². The molecule has 1 aliphatic rings. The molecule has 0 aliphatic carbocycles. The van der Waals surface area contributed by atoms with Crippen molar-refractivity contribution in [2.75, 3.05) is 37.6 Å². The minimum Gasteiger partial charge on any atom is -0.464 e. The molecule has 0 spiro atoms. The van der Waals surface area contributed by atoms with Gasteiger partial charge in [0.05, 0.1) is 23.8 Å². The number of aryl methyl sites for hydroxylation is 1. The monoisotopic (exact) mass is 418 g/mol. The van der Waals surface area contributed by atoms with Crippen LogP contribution in [-0.2, 0) is 6.54 Å². The summed E-state index contributed by atoms with van der Waals surface area (Å²) in [7, 11) is 0. The predicted octanol–water partition coefficient (Wildman–Crippen LogP) is 2.42. The van der Waals surface area contributed by atoms with Crippen molar-refractivity contribution in [1.29, 1.82) is 0 Å². The Morgan fingerprint density at radius 2 is 1.90 bits per heavy atom. The lowest BCUT2D eigenvalue weighted by molar-refractivity contribution is 0.0908. The minimum atomic E-state index is -2.60. The number of hydrogen-bond donors (Lipinski definition) is 1. The van der Waals surface area contributed by atoms with Crippen molar-refractivity contribution in [1.82, 2.24) is 14.5 Å². The molecule has 0 saturated carbocycles. The highest BCUT2D eigenvalue weighted by Crippen LogP contribution is 2.22. The standard InChI is InChI=1S/C21H24F2N4O3/c1-14-2-5-19(30-14)18(28)11-25-6-8-26(9-7-25)15-3-4-16-17(10-15)24-13-27(21(16)29)12-20(22)23/h2-5,10,13,18,20,28H,6-9,11-12H2,1H3. The summed E-state index contributed by atoms with van der Waals surface area (Å²) < 4.78 is 31.6. The molecule has 1 aromatic carbocycles.